The molecule has 0 aromatic carbocycles. The summed E-state index contributed by atoms with van der Waals surface area (Å²) < 4.78 is 0. The quantitative estimate of drug-likeness (QED) is 0.639. The van der Waals surface area contributed by atoms with Gasteiger partial charge in [0.15, 0.2) is 0 Å². The van der Waals surface area contributed by atoms with Gasteiger partial charge in [-0.15, -0.1) is 0 Å². The van der Waals surface area contributed by atoms with Crippen LogP contribution >= 0.6 is 0 Å². The zero-order chi connectivity index (χ0) is 9.72. The number of carbonyl (C=O) groups is 1. The highest BCUT2D eigenvalue weighted by molar-refractivity contribution is 5.78. The lowest BCUT2D eigenvalue weighted by atomic mass is 10.1. The molecule has 68 valence electrons. The van der Waals surface area contributed by atoms with E-state index in [2.05, 4.69) is 0 Å². The largest absolute Gasteiger partial charge is 0.342 e. The van der Waals surface area contributed by atoms with Crippen molar-refractivity contribution >= 4 is 5.91 Å². The molecule has 0 spiro atoms. The molecule has 0 heterocycles. The summed E-state index contributed by atoms with van der Waals surface area (Å²) in [5.41, 5.74) is 0. The Hall–Kier alpha value is -1.04. The molecule has 3 heteroatoms. The lowest BCUT2D eigenvalue weighted by Crippen LogP contribution is -2.37. The molecule has 1 atom stereocenters. The Balaban J connectivity index is 4.11. The van der Waals surface area contributed by atoms with Gasteiger partial charge in [-0.1, -0.05) is 13.8 Å². The third-order valence-electron chi connectivity index (χ3n) is 1.89. The van der Waals surface area contributed by atoms with Crippen molar-refractivity contribution in [3.05, 3.63) is 0 Å². The highest BCUT2D eigenvalue weighted by Crippen LogP contribution is 2.05. The maximum Gasteiger partial charge on any atom is 0.225 e. The van der Waals surface area contributed by atoms with Crippen molar-refractivity contribution in [2.45, 2.75) is 33.2 Å². The van der Waals surface area contributed by atoms with Crippen LogP contribution in [0.2, 0.25) is 0 Å². The van der Waals surface area contributed by atoms with Crippen LogP contribution in [-0.2, 0) is 4.79 Å². The normalized spacial score (nSPS) is 12.3. The minimum atomic E-state index is 0.0103. The van der Waals surface area contributed by atoms with Gasteiger partial charge in [-0.3, -0.25) is 4.79 Å². The van der Waals surface area contributed by atoms with Crippen LogP contribution in [0, 0.1) is 17.2 Å². The first-order valence-electron chi connectivity index (χ1n) is 4.14. The van der Waals surface area contributed by atoms with Crippen LogP contribution < -0.4 is 0 Å². The lowest BCUT2D eigenvalue weighted by molar-refractivity contribution is -0.134. The maximum absolute atomic E-state index is 11.4. The number of nitrogens with zero attached hydrogens (tertiary/aromatic N) is 2. The average molecular weight is 168 g/mol. The van der Waals surface area contributed by atoms with Crippen LogP contribution in [0.25, 0.3) is 0 Å². The van der Waals surface area contributed by atoms with E-state index < -0.39 is 0 Å². The van der Waals surface area contributed by atoms with E-state index in [-0.39, 0.29) is 17.9 Å². The van der Waals surface area contributed by atoms with Gasteiger partial charge in [0.2, 0.25) is 5.91 Å². The Morgan fingerprint density at radius 1 is 1.50 bits per heavy atom. The topological polar surface area (TPSA) is 44.1 Å². The Bertz CT molecular complexity index is 193. The summed E-state index contributed by atoms with van der Waals surface area (Å²) in [7, 11) is 1.74. The van der Waals surface area contributed by atoms with Gasteiger partial charge in [0.05, 0.1) is 12.5 Å². The maximum atomic E-state index is 11.4. The standard InChI is InChI=1S/C9H16N2O/c1-7(2)9(12)11(4)8(3)5-6-10/h7-8H,5H2,1-4H3. The van der Waals surface area contributed by atoms with Crippen LogP contribution in [0.3, 0.4) is 0 Å². The summed E-state index contributed by atoms with van der Waals surface area (Å²) in [6.45, 7) is 5.60. The van der Waals surface area contributed by atoms with Crippen LogP contribution in [0.4, 0.5) is 0 Å². The van der Waals surface area contributed by atoms with Crippen molar-refractivity contribution in [2.24, 2.45) is 5.92 Å². The minimum absolute atomic E-state index is 0.0103. The Labute approximate surface area is 74.0 Å². The molecule has 0 bridgehead atoms. The summed E-state index contributed by atoms with van der Waals surface area (Å²) in [5, 5.41) is 8.42. The molecule has 1 amide bonds. The highest BCUT2D eigenvalue weighted by atomic mass is 16.2. The predicted octanol–water partition coefficient (Wildman–Crippen LogP) is 1.40. The molecule has 1 unspecified atom stereocenters. The molecule has 0 aliphatic rings. The molecule has 0 aliphatic carbocycles. The predicted molar refractivity (Wildman–Crippen MR) is 47.3 cm³/mol. The first kappa shape index (κ1) is 11.0. The molecule has 0 saturated heterocycles. The number of hydrogen-bond donors (Lipinski definition) is 0. The summed E-state index contributed by atoms with van der Waals surface area (Å²) in [4.78, 5) is 13.0. The molecule has 12 heavy (non-hydrogen) atoms. The van der Waals surface area contributed by atoms with Crippen LogP contribution in [0.15, 0.2) is 0 Å². The third-order valence-corrected chi connectivity index (χ3v) is 1.89. The second-order valence-electron chi connectivity index (χ2n) is 3.32. The average Bonchev–Trinajstić information content (AvgIpc) is 2.02. The van der Waals surface area contributed by atoms with E-state index in [0.29, 0.717) is 6.42 Å². The zero-order valence-electron chi connectivity index (χ0n) is 8.16. The van der Waals surface area contributed by atoms with E-state index in [1.807, 2.05) is 26.8 Å². The Kier molecular flexibility index (Phi) is 4.35. The van der Waals surface area contributed by atoms with Crippen molar-refractivity contribution < 1.29 is 4.79 Å². The fourth-order valence-electron chi connectivity index (χ4n) is 0.894. The van der Waals surface area contributed by atoms with Crippen LogP contribution in [-0.4, -0.2) is 23.9 Å². The lowest BCUT2D eigenvalue weighted by Gasteiger charge is -2.24. The number of hydrogen-bond acceptors (Lipinski definition) is 2. The molecule has 0 rings (SSSR count). The Morgan fingerprint density at radius 3 is 2.33 bits per heavy atom. The fourth-order valence-corrected chi connectivity index (χ4v) is 0.894. The smallest absolute Gasteiger partial charge is 0.225 e. The van der Waals surface area contributed by atoms with Crippen molar-refractivity contribution in [3.63, 3.8) is 0 Å². The van der Waals surface area contributed by atoms with Gasteiger partial charge >= 0.3 is 0 Å². The summed E-state index contributed by atoms with van der Waals surface area (Å²) in [6, 6.07) is 2.07. The van der Waals surface area contributed by atoms with E-state index in [0.717, 1.165) is 0 Å². The molecule has 0 aromatic rings. The van der Waals surface area contributed by atoms with Gasteiger partial charge in [-0.05, 0) is 6.92 Å². The van der Waals surface area contributed by atoms with Gasteiger partial charge in [0.25, 0.3) is 0 Å². The molecule has 0 fully saturated rings. The molecule has 3 nitrogen and oxygen atoms in total. The van der Waals surface area contributed by atoms with E-state index in [1.54, 1.807) is 11.9 Å². The molecule has 0 radical (unpaired) electrons. The SMILES string of the molecule is CC(C)C(=O)N(C)C(C)CC#N. The van der Waals surface area contributed by atoms with Gasteiger partial charge in [-0.25, -0.2) is 0 Å². The number of carbonyl (C=O) groups excluding carboxylic acids is 1. The summed E-state index contributed by atoms with van der Waals surface area (Å²) in [6.07, 6.45) is 0.398. The first-order valence-corrected chi connectivity index (χ1v) is 4.14. The second-order valence-corrected chi connectivity index (χ2v) is 3.32. The zero-order valence-corrected chi connectivity index (χ0v) is 8.16. The summed E-state index contributed by atoms with van der Waals surface area (Å²) in [5.74, 6) is 0.105. The molecule has 0 aromatic heterocycles. The van der Waals surface area contributed by atoms with E-state index in [9.17, 15) is 4.79 Å². The first-order chi connectivity index (χ1) is 5.50. The van der Waals surface area contributed by atoms with Crippen molar-refractivity contribution in [1.82, 2.24) is 4.90 Å². The number of nitriles is 1. The second kappa shape index (κ2) is 4.76. The third kappa shape index (κ3) is 2.91. The van der Waals surface area contributed by atoms with E-state index in [4.69, 9.17) is 5.26 Å². The fraction of sp³-hybridized carbons (Fsp3) is 0.778. The molecule has 0 saturated carbocycles. The Morgan fingerprint density at radius 2 is 2.00 bits per heavy atom. The highest BCUT2D eigenvalue weighted by Gasteiger charge is 2.17. The van der Waals surface area contributed by atoms with Crippen molar-refractivity contribution in [2.75, 3.05) is 7.05 Å². The molecule has 0 N–H and O–H groups in total. The van der Waals surface area contributed by atoms with Crippen molar-refractivity contribution in [1.29, 1.82) is 5.26 Å². The summed E-state index contributed by atoms with van der Waals surface area (Å²) >= 11 is 0. The molecular formula is C9H16N2O. The van der Waals surface area contributed by atoms with Crippen molar-refractivity contribution in [3.8, 4) is 6.07 Å². The van der Waals surface area contributed by atoms with E-state index in [1.165, 1.54) is 0 Å². The van der Waals surface area contributed by atoms with Gasteiger partial charge in [-0.2, -0.15) is 5.26 Å². The molecular weight excluding hydrogens is 152 g/mol. The number of rotatable bonds is 3. The van der Waals surface area contributed by atoms with Crippen LogP contribution in [0.5, 0.6) is 0 Å². The molecule has 0 aliphatic heterocycles. The van der Waals surface area contributed by atoms with Gasteiger partial charge < -0.3 is 4.90 Å². The van der Waals surface area contributed by atoms with Gasteiger partial charge in [0, 0.05) is 19.0 Å². The minimum Gasteiger partial charge on any atom is -0.342 e. The van der Waals surface area contributed by atoms with Gasteiger partial charge in [0.1, 0.15) is 0 Å². The van der Waals surface area contributed by atoms with E-state index >= 15 is 0 Å². The number of amides is 1. The van der Waals surface area contributed by atoms with Crippen LogP contribution in [0.1, 0.15) is 27.2 Å². The monoisotopic (exact) mass is 168 g/mol.